The van der Waals surface area contributed by atoms with Gasteiger partial charge in [-0.05, 0) is 43.9 Å². The number of rotatable bonds is 4. The molecule has 0 unspecified atom stereocenters. The standard InChI is InChI=1S/C15H24O2/c1-10(16)6-5-8-15(4)9-7-11-12(13(15)17)14(11,2)3/h11-12H,5-9H2,1-4H3/t11-,12-,15-/m1/s1. The molecule has 17 heavy (non-hydrogen) atoms. The Hall–Kier alpha value is -0.660. The summed E-state index contributed by atoms with van der Waals surface area (Å²) in [6.07, 6.45) is 4.61. The van der Waals surface area contributed by atoms with Gasteiger partial charge in [0.2, 0.25) is 0 Å². The van der Waals surface area contributed by atoms with Gasteiger partial charge in [-0.1, -0.05) is 20.8 Å². The van der Waals surface area contributed by atoms with Gasteiger partial charge in [0, 0.05) is 17.8 Å². The molecule has 2 rings (SSSR count). The summed E-state index contributed by atoms with van der Waals surface area (Å²) >= 11 is 0. The van der Waals surface area contributed by atoms with E-state index in [1.807, 2.05) is 0 Å². The number of carbonyl (C=O) groups excluding carboxylic acids is 2. The Kier molecular flexibility index (Phi) is 2.95. The van der Waals surface area contributed by atoms with Gasteiger partial charge in [-0.2, -0.15) is 0 Å². The molecule has 0 aromatic carbocycles. The molecular formula is C15H24O2. The minimum absolute atomic E-state index is 0.148. The number of fused-ring (bicyclic) bond motifs is 1. The van der Waals surface area contributed by atoms with Crippen molar-refractivity contribution in [2.24, 2.45) is 22.7 Å². The van der Waals surface area contributed by atoms with Crippen LogP contribution in [0.25, 0.3) is 0 Å². The van der Waals surface area contributed by atoms with Gasteiger partial charge in [-0.3, -0.25) is 4.79 Å². The van der Waals surface area contributed by atoms with Gasteiger partial charge in [0.25, 0.3) is 0 Å². The van der Waals surface area contributed by atoms with Gasteiger partial charge in [-0.15, -0.1) is 0 Å². The Morgan fingerprint density at radius 2 is 2.00 bits per heavy atom. The van der Waals surface area contributed by atoms with Crippen molar-refractivity contribution in [3.8, 4) is 0 Å². The van der Waals surface area contributed by atoms with Crippen LogP contribution in [0.2, 0.25) is 0 Å². The fraction of sp³-hybridized carbons (Fsp3) is 0.867. The monoisotopic (exact) mass is 236 g/mol. The van der Waals surface area contributed by atoms with Crippen molar-refractivity contribution < 1.29 is 9.59 Å². The highest BCUT2D eigenvalue weighted by Gasteiger charge is 2.66. The lowest BCUT2D eigenvalue weighted by Crippen LogP contribution is -2.33. The molecular weight excluding hydrogens is 212 g/mol. The first kappa shape index (κ1) is 12.8. The van der Waals surface area contributed by atoms with Gasteiger partial charge < -0.3 is 4.79 Å². The third-order valence-electron chi connectivity index (χ3n) is 5.19. The van der Waals surface area contributed by atoms with Crippen LogP contribution in [-0.4, -0.2) is 11.6 Å². The van der Waals surface area contributed by atoms with E-state index in [2.05, 4.69) is 20.8 Å². The van der Waals surface area contributed by atoms with E-state index in [4.69, 9.17) is 0 Å². The fourth-order valence-electron chi connectivity index (χ4n) is 3.75. The molecule has 0 saturated heterocycles. The lowest BCUT2D eigenvalue weighted by Gasteiger charge is -2.31. The van der Waals surface area contributed by atoms with Crippen LogP contribution in [0.15, 0.2) is 0 Å². The zero-order valence-corrected chi connectivity index (χ0v) is 11.5. The Labute approximate surface area is 104 Å². The number of carbonyl (C=O) groups is 2. The number of hydrogen-bond acceptors (Lipinski definition) is 2. The molecule has 0 heterocycles. The summed E-state index contributed by atoms with van der Waals surface area (Å²) in [7, 11) is 0. The first-order valence-electron chi connectivity index (χ1n) is 6.83. The molecule has 96 valence electrons. The van der Waals surface area contributed by atoms with Crippen molar-refractivity contribution in [1.82, 2.24) is 0 Å². The summed E-state index contributed by atoms with van der Waals surface area (Å²) in [4.78, 5) is 23.5. The van der Waals surface area contributed by atoms with Crippen LogP contribution < -0.4 is 0 Å². The third-order valence-corrected chi connectivity index (χ3v) is 5.19. The van der Waals surface area contributed by atoms with E-state index in [0.717, 1.165) is 19.3 Å². The molecule has 0 radical (unpaired) electrons. The molecule has 2 fully saturated rings. The molecule has 0 aliphatic heterocycles. The maximum atomic E-state index is 12.5. The van der Waals surface area contributed by atoms with Crippen molar-refractivity contribution in [2.75, 3.05) is 0 Å². The highest BCUT2D eigenvalue weighted by molar-refractivity contribution is 5.91. The molecule has 2 heteroatoms. The second kappa shape index (κ2) is 3.93. The zero-order valence-electron chi connectivity index (χ0n) is 11.5. The van der Waals surface area contributed by atoms with Crippen molar-refractivity contribution in [3.05, 3.63) is 0 Å². The second-order valence-electron chi connectivity index (χ2n) is 6.92. The average molecular weight is 236 g/mol. The molecule has 3 atom stereocenters. The molecule has 2 aliphatic carbocycles. The Morgan fingerprint density at radius 1 is 1.35 bits per heavy atom. The largest absolute Gasteiger partial charge is 0.300 e. The van der Waals surface area contributed by atoms with Crippen LogP contribution in [0.4, 0.5) is 0 Å². The lowest BCUT2D eigenvalue weighted by atomic mass is 9.71. The average Bonchev–Trinajstić information content (AvgIpc) is 2.75. The Balaban J connectivity index is 1.97. The molecule has 2 saturated carbocycles. The van der Waals surface area contributed by atoms with Gasteiger partial charge >= 0.3 is 0 Å². The van der Waals surface area contributed by atoms with Crippen LogP contribution in [0.3, 0.4) is 0 Å². The van der Waals surface area contributed by atoms with Crippen molar-refractivity contribution in [3.63, 3.8) is 0 Å². The van der Waals surface area contributed by atoms with E-state index < -0.39 is 0 Å². The number of hydrogen-bond donors (Lipinski definition) is 0. The predicted molar refractivity (Wildman–Crippen MR) is 67.6 cm³/mol. The van der Waals surface area contributed by atoms with Gasteiger partial charge in [-0.25, -0.2) is 0 Å². The highest BCUT2D eigenvalue weighted by atomic mass is 16.1. The van der Waals surface area contributed by atoms with Crippen LogP contribution in [0.1, 0.15) is 59.8 Å². The zero-order chi connectivity index (χ0) is 12.8. The SMILES string of the molecule is CC(=O)CCC[C@]1(C)CC[C@@H]2[C@H](C1=O)C2(C)C. The van der Waals surface area contributed by atoms with Crippen LogP contribution in [0, 0.1) is 22.7 Å². The van der Waals surface area contributed by atoms with Crippen LogP contribution >= 0.6 is 0 Å². The topological polar surface area (TPSA) is 34.1 Å². The molecule has 0 aromatic heterocycles. The molecule has 0 spiro atoms. The lowest BCUT2D eigenvalue weighted by molar-refractivity contribution is -0.133. The number of Topliss-reactive ketones (excluding diaryl/α,β-unsaturated/α-hetero) is 2. The third kappa shape index (κ3) is 2.07. The van der Waals surface area contributed by atoms with Gasteiger partial charge in [0.05, 0.1) is 0 Å². The molecule has 2 nitrogen and oxygen atoms in total. The molecule has 0 bridgehead atoms. The summed E-state index contributed by atoms with van der Waals surface area (Å²) in [5.74, 6) is 1.65. The summed E-state index contributed by atoms with van der Waals surface area (Å²) in [6, 6.07) is 0. The van der Waals surface area contributed by atoms with Gasteiger partial charge in [0.1, 0.15) is 11.6 Å². The van der Waals surface area contributed by atoms with Crippen molar-refractivity contribution in [1.29, 1.82) is 0 Å². The predicted octanol–water partition coefficient (Wildman–Crippen LogP) is 3.39. The van der Waals surface area contributed by atoms with E-state index in [1.54, 1.807) is 6.92 Å². The van der Waals surface area contributed by atoms with Gasteiger partial charge in [0.15, 0.2) is 0 Å². The maximum Gasteiger partial charge on any atom is 0.142 e. The normalized spacial score (nSPS) is 38.7. The molecule has 0 amide bonds. The van der Waals surface area contributed by atoms with E-state index in [9.17, 15) is 9.59 Å². The van der Waals surface area contributed by atoms with Crippen LogP contribution in [-0.2, 0) is 9.59 Å². The minimum atomic E-state index is -0.148. The molecule has 0 aromatic rings. The summed E-state index contributed by atoms with van der Waals surface area (Å²) in [5, 5.41) is 0. The first-order valence-corrected chi connectivity index (χ1v) is 6.83. The smallest absolute Gasteiger partial charge is 0.142 e. The maximum absolute atomic E-state index is 12.5. The first-order chi connectivity index (χ1) is 7.79. The summed E-state index contributed by atoms with van der Waals surface area (Å²) in [5.41, 5.74) is 0.0970. The fourth-order valence-corrected chi connectivity index (χ4v) is 3.75. The molecule has 2 aliphatic rings. The Bertz CT molecular complexity index is 356. The van der Waals surface area contributed by atoms with Crippen molar-refractivity contribution >= 4 is 11.6 Å². The highest BCUT2D eigenvalue weighted by Crippen LogP contribution is 2.66. The minimum Gasteiger partial charge on any atom is -0.300 e. The van der Waals surface area contributed by atoms with Crippen LogP contribution in [0.5, 0.6) is 0 Å². The van der Waals surface area contributed by atoms with Crippen molar-refractivity contribution in [2.45, 2.75) is 59.8 Å². The van der Waals surface area contributed by atoms with E-state index in [-0.39, 0.29) is 16.6 Å². The van der Waals surface area contributed by atoms with E-state index in [1.165, 1.54) is 6.42 Å². The molecule has 0 N–H and O–H groups in total. The quantitative estimate of drug-likeness (QED) is 0.749. The van der Waals surface area contributed by atoms with E-state index >= 15 is 0 Å². The number of ketones is 2. The second-order valence-corrected chi connectivity index (χ2v) is 6.92. The summed E-state index contributed by atoms with van der Waals surface area (Å²) < 4.78 is 0. The van der Waals surface area contributed by atoms with E-state index in [0.29, 0.717) is 24.0 Å². The summed E-state index contributed by atoms with van der Waals surface area (Å²) in [6.45, 7) is 8.19. The Morgan fingerprint density at radius 3 is 2.59 bits per heavy atom.